The molecule has 2 atom stereocenters. The second-order valence-electron chi connectivity index (χ2n) is 9.82. The van der Waals surface area contributed by atoms with Crippen LogP contribution in [0.2, 0.25) is 0 Å². The van der Waals surface area contributed by atoms with E-state index in [4.69, 9.17) is 18.9 Å². The molecule has 0 aromatic heterocycles. The van der Waals surface area contributed by atoms with Crippen molar-refractivity contribution >= 4 is 27.6 Å². The van der Waals surface area contributed by atoms with Gasteiger partial charge in [0.2, 0.25) is 6.79 Å². The second kappa shape index (κ2) is 9.03. The summed E-state index contributed by atoms with van der Waals surface area (Å²) in [6, 6.07) is 22.9. The van der Waals surface area contributed by atoms with Crippen molar-refractivity contribution in [3.63, 3.8) is 0 Å². The standard InChI is InChI=1S/C30H30NO5/c1-20-7-6-12-31(20,30(32)33-2)17-23-13-22-14-28-29(36-19-35-28)16-26(22)27-15-24(10-11-25(23)27)34-18-21-8-4-3-5-9-21/h3-5,8-11,13-16,20H,6-7,12,17-19H2,1-2H3/q+1/t20-,31?/m1/s1. The van der Waals surface area contributed by atoms with Crippen LogP contribution in [0.3, 0.4) is 0 Å². The maximum absolute atomic E-state index is 13.1. The summed E-state index contributed by atoms with van der Waals surface area (Å²) in [5.41, 5.74) is 2.23. The van der Waals surface area contributed by atoms with E-state index in [0.29, 0.717) is 17.6 Å². The summed E-state index contributed by atoms with van der Waals surface area (Å²) < 4.78 is 23.2. The molecule has 1 saturated heterocycles. The highest BCUT2D eigenvalue weighted by atomic mass is 16.7. The molecule has 0 spiro atoms. The van der Waals surface area contributed by atoms with Gasteiger partial charge in [-0.15, -0.1) is 0 Å². The van der Waals surface area contributed by atoms with E-state index in [1.54, 1.807) is 0 Å². The lowest BCUT2D eigenvalue weighted by atomic mass is 9.95. The predicted octanol–water partition coefficient (Wildman–Crippen LogP) is 6.57. The van der Waals surface area contributed by atoms with Crippen LogP contribution < -0.4 is 14.2 Å². The Morgan fingerprint density at radius 2 is 1.78 bits per heavy atom. The molecule has 6 nitrogen and oxygen atoms in total. The zero-order valence-electron chi connectivity index (χ0n) is 20.7. The molecule has 4 aromatic carbocycles. The first-order chi connectivity index (χ1) is 17.6. The molecule has 2 heterocycles. The average Bonchev–Trinajstić information content (AvgIpc) is 3.52. The van der Waals surface area contributed by atoms with Crippen molar-refractivity contribution in [1.29, 1.82) is 0 Å². The fourth-order valence-electron chi connectivity index (χ4n) is 5.76. The van der Waals surface area contributed by atoms with Crippen molar-refractivity contribution in [1.82, 2.24) is 0 Å². The number of quaternary nitrogens is 1. The molecule has 1 fully saturated rings. The third-order valence-corrected chi connectivity index (χ3v) is 7.76. The summed E-state index contributed by atoms with van der Waals surface area (Å²) in [6.45, 7) is 4.24. The highest BCUT2D eigenvalue weighted by molar-refractivity contribution is 6.10. The van der Waals surface area contributed by atoms with Crippen molar-refractivity contribution in [2.45, 2.75) is 39.0 Å². The fourth-order valence-corrected chi connectivity index (χ4v) is 5.76. The van der Waals surface area contributed by atoms with Gasteiger partial charge >= 0.3 is 6.09 Å². The molecule has 184 valence electrons. The van der Waals surface area contributed by atoms with Gasteiger partial charge in [-0.3, -0.25) is 0 Å². The topological polar surface area (TPSA) is 54.0 Å². The van der Waals surface area contributed by atoms with Crippen molar-refractivity contribution in [3.8, 4) is 17.2 Å². The van der Waals surface area contributed by atoms with Crippen LogP contribution in [0.5, 0.6) is 17.2 Å². The molecule has 2 aliphatic heterocycles. The van der Waals surface area contributed by atoms with Crippen LogP contribution in [0.15, 0.2) is 66.7 Å². The fraction of sp³-hybridized carbons (Fsp3) is 0.300. The van der Waals surface area contributed by atoms with Crippen LogP contribution in [-0.2, 0) is 17.9 Å². The predicted molar refractivity (Wildman–Crippen MR) is 138 cm³/mol. The number of ether oxygens (including phenoxy) is 4. The van der Waals surface area contributed by atoms with Crippen LogP contribution >= 0.6 is 0 Å². The maximum Gasteiger partial charge on any atom is 0.516 e. The second-order valence-corrected chi connectivity index (χ2v) is 9.82. The average molecular weight is 485 g/mol. The van der Waals surface area contributed by atoms with Gasteiger partial charge in [-0.1, -0.05) is 36.4 Å². The highest BCUT2D eigenvalue weighted by Crippen LogP contribution is 2.42. The number of nitrogens with zero attached hydrogens (tertiary/aromatic N) is 1. The molecular weight excluding hydrogens is 454 g/mol. The van der Waals surface area contributed by atoms with Gasteiger partial charge in [-0.25, -0.2) is 4.48 Å². The lowest BCUT2D eigenvalue weighted by Crippen LogP contribution is -2.54. The Morgan fingerprint density at radius 3 is 2.53 bits per heavy atom. The molecule has 0 bridgehead atoms. The zero-order chi connectivity index (χ0) is 24.7. The molecule has 0 aliphatic carbocycles. The summed E-state index contributed by atoms with van der Waals surface area (Å²) in [7, 11) is 1.49. The number of likely N-dealkylation sites (tertiary alicyclic amines) is 1. The number of benzene rings is 4. The first-order valence-corrected chi connectivity index (χ1v) is 12.5. The number of fused-ring (bicyclic) bond motifs is 4. The zero-order valence-corrected chi connectivity index (χ0v) is 20.7. The van der Waals surface area contributed by atoms with E-state index in [1.807, 2.05) is 36.4 Å². The normalized spacial score (nSPS) is 20.7. The minimum atomic E-state index is -0.165. The highest BCUT2D eigenvalue weighted by Gasteiger charge is 2.47. The van der Waals surface area contributed by atoms with Crippen LogP contribution in [-0.4, -0.2) is 37.1 Å². The largest absolute Gasteiger partial charge is 0.516 e. The van der Waals surface area contributed by atoms with E-state index in [2.05, 4.69) is 37.3 Å². The number of hydrogen-bond donors (Lipinski definition) is 0. The Labute approximate surface area is 210 Å². The number of hydrogen-bond acceptors (Lipinski definition) is 5. The van der Waals surface area contributed by atoms with Crippen LogP contribution in [0.1, 0.15) is 30.9 Å². The number of amides is 1. The van der Waals surface area contributed by atoms with Crippen LogP contribution in [0.4, 0.5) is 4.79 Å². The number of methoxy groups -OCH3 is 1. The number of rotatable bonds is 5. The van der Waals surface area contributed by atoms with E-state index < -0.39 is 0 Å². The van der Waals surface area contributed by atoms with Gasteiger partial charge in [-0.2, -0.15) is 4.79 Å². The van der Waals surface area contributed by atoms with Gasteiger partial charge in [0.1, 0.15) is 18.9 Å². The molecule has 6 rings (SSSR count). The number of carbonyl (C=O) groups excluding carboxylic acids is 1. The molecule has 2 aliphatic rings. The number of carbonyl (C=O) groups is 1. The van der Waals surface area contributed by atoms with Crippen LogP contribution in [0, 0.1) is 0 Å². The molecule has 1 amide bonds. The molecule has 1 unspecified atom stereocenters. The lowest BCUT2D eigenvalue weighted by molar-refractivity contribution is -0.880. The quantitative estimate of drug-likeness (QED) is 0.237. The Hall–Kier alpha value is -3.77. The summed E-state index contributed by atoms with van der Waals surface area (Å²) in [6.07, 6.45) is 1.86. The minimum Gasteiger partial charge on any atom is -0.489 e. The van der Waals surface area contributed by atoms with Crippen LogP contribution in [0.25, 0.3) is 21.5 Å². The molecule has 36 heavy (non-hydrogen) atoms. The van der Waals surface area contributed by atoms with Gasteiger partial charge in [0.25, 0.3) is 0 Å². The smallest absolute Gasteiger partial charge is 0.489 e. The molecule has 0 N–H and O–H groups in total. The minimum absolute atomic E-state index is 0.165. The van der Waals surface area contributed by atoms with E-state index in [1.165, 1.54) is 7.11 Å². The van der Waals surface area contributed by atoms with Crippen molar-refractivity contribution < 1.29 is 28.2 Å². The summed E-state index contributed by atoms with van der Waals surface area (Å²) in [5.74, 6) is 2.29. The Bertz CT molecular complexity index is 1450. The molecular formula is C30H30NO5+. The van der Waals surface area contributed by atoms with Crippen molar-refractivity contribution in [3.05, 3.63) is 77.9 Å². The first-order valence-electron chi connectivity index (χ1n) is 12.5. The maximum atomic E-state index is 13.1. The Morgan fingerprint density at radius 1 is 0.972 bits per heavy atom. The van der Waals surface area contributed by atoms with Gasteiger partial charge < -0.3 is 18.9 Å². The van der Waals surface area contributed by atoms with E-state index in [-0.39, 0.29) is 18.9 Å². The molecule has 6 heteroatoms. The SMILES string of the molecule is COC(=O)[N+]1(Cc2cc3cc4c(cc3c3cc(OCc5ccccc5)ccc23)OCO4)CCC[C@H]1C. The molecule has 0 saturated carbocycles. The Balaban J connectivity index is 1.48. The van der Waals surface area contributed by atoms with E-state index in [0.717, 1.165) is 69.3 Å². The summed E-state index contributed by atoms with van der Waals surface area (Å²) in [4.78, 5) is 13.1. The Kier molecular flexibility index (Phi) is 5.69. The molecule has 4 aromatic rings. The summed E-state index contributed by atoms with van der Waals surface area (Å²) in [5, 5.41) is 4.30. The summed E-state index contributed by atoms with van der Waals surface area (Å²) >= 11 is 0. The van der Waals surface area contributed by atoms with Crippen molar-refractivity contribution in [2.24, 2.45) is 0 Å². The van der Waals surface area contributed by atoms with Gasteiger partial charge in [0.15, 0.2) is 11.5 Å². The van der Waals surface area contributed by atoms with Gasteiger partial charge in [0.05, 0.1) is 19.7 Å². The monoisotopic (exact) mass is 484 g/mol. The van der Waals surface area contributed by atoms with Gasteiger partial charge in [-0.05, 0) is 64.4 Å². The van der Waals surface area contributed by atoms with E-state index in [9.17, 15) is 4.79 Å². The molecule has 0 radical (unpaired) electrons. The van der Waals surface area contributed by atoms with E-state index >= 15 is 0 Å². The lowest BCUT2D eigenvalue weighted by Gasteiger charge is -2.34. The first kappa shape index (κ1) is 22.7. The third kappa shape index (κ3) is 3.82. The third-order valence-electron chi connectivity index (χ3n) is 7.76. The van der Waals surface area contributed by atoms with Crippen molar-refractivity contribution in [2.75, 3.05) is 20.4 Å². The van der Waals surface area contributed by atoms with Gasteiger partial charge in [0, 0.05) is 18.4 Å².